The van der Waals surface area contributed by atoms with E-state index in [9.17, 15) is 0 Å². The number of rotatable bonds is 4. The van der Waals surface area contributed by atoms with Gasteiger partial charge in [-0.15, -0.1) is 0 Å². The third kappa shape index (κ3) is 2.85. The molecule has 0 fully saturated rings. The second kappa shape index (κ2) is 6.57. The van der Waals surface area contributed by atoms with E-state index < -0.39 is 8.32 Å². The lowest BCUT2D eigenvalue weighted by atomic mass is 9.39. The zero-order chi connectivity index (χ0) is 18.3. The van der Waals surface area contributed by atoms with Crippen molar-refractivity contribution in [3.8, 4) is 11.1 Å². The monoisotopic (exact) mass is 356 g/mol. The lowest BCUT2D eigenvalue weighted by Crippen LogP contribution is -2.62. The van der Waals surface area contributed by atoms with Crippen LogP contribution in [-0.2, 0) is 4.43 Å². The Hall–Kier alpha value is -2.10. The van der Waals surface area contributed by atoms with E-state index in [1.165, 1.54) is 32.7 Å². The Balaban J connectivity index is 1.92. The molecule has 0 spiro atoms. The Bertz CT molecular complexity index is 903. The molecule has 0 bridgehead atoms. The van der Waals surface area contributed by atoms with Crippen molar-refractivity contribution in [1.82, 2.24) is 0 Å². The van der Waals surface area contributed by atoms with Crippen molar-refractivity contribution in [2.24, 2.45) is 0 Å². The van der Waals surface area contributed by atoms with Crippen molar-refractivity contribution in [3.63, 3.8) is 0 Å². The van der Waals surface area contributed by atoms with Crippen LogP contribution in [0, 0.1) is 0 Å². The van der Waals surface area contributed by atoms with Gasteiger partial charge in [0.1, 0.15) is 0 Å². The summed E-state index contributed by atoms with van der Waals surface area (Å²) >= 11 is 0. The van der Waals surface area contributed by atoms with E-state index in [0.717, 1.165) is 0 Å². The summed E-state index contributed by atoms with van der Waals surface area (Å²) in [5.74, 6) is 0. The molecule has 1 aliphatic rings. The van der Waals surface area contributed by atoms with Crippen molar-refractivity contribution >= 4 is 36.6 Å². The fraction of sp³-hybridized carbons (Fsp3) is 0.217. The molecule has 0 aliphatic carbocycles. The van der Waals surface area contributed by atoms with Gasteiger partial charge in [0, 0.05) is 6.10 Å². The van der Waals surface area contributed by atoms with E-state index in [2.05, 4.69) is 99.7 Å². The first-order valence-corrected chi connectivity index (χ1v) is 12.4. The number of hydrogen-bond acceptors (Lipinski definition) is 1. The largest absolute Gasteiger partial charge is 0.411 e. The van der Waals surface area contributed by atoms with Gasteiger partial charge in [-0.2, -0.15) is 0 Å². The summed E-state index contributed by atoms with van der Waals surface area (Å²) < 4.78 is 6.44. The fourth-order valence-corrected chi connectivity index (χ4v) is 7.17. The van der Waals surface area contributed by atoms with Crippen LogP contribution in [-0.4, -0.2) is 21.1 Å². The molecular formula is C23H25BOSi. The molecule has 3 aromatic rings. The van der Waals surface area contributed by atoms with Crippen molar-refractivity contribution in [2.75, 3.05) is 0 Å². The smallest absolute Gasteiger partial charge is 0.242 e. The SMILES string of the molecule is CC(C)O[Si](C)(C)c1ccccc1B1c2ccccc2-c2ccccc21. The van der Waals surface area contributed by atoms with E-state index in [0.29, 0.717) is 6.71 Å². The van der Waals surface area contributed by atoms with Crippen molar-refractivity contribution < 1.29 is 4.43 Å². The Kier molecular flexibility index (Phi) is 4.38. The maximum absolute atomic E-state index is 6.44. The summed E-state index contributed by atoms with van der Waals surface area (Å²) in [5.41, 5.74) is 6.97. The van der Waals surface area contributed by atoms with E-state index in [4.69, 9.17) is 4.43 Å². The van der Waals surface area contributed by atoms with Crippen LogP contribution in [0.15, 0.2) is 72.8 Å². The highest BCUT2D eigenvalue weighted by Gasteiger charge is 2.38. The first-order chi connectivity index (χ1) is 12.5. The van der Waals surface area contributed by atoms with Gasteiger partial charge in [0.2, 0.25) is 15.0 Å². The molecule has 1 nitrogen and oxygen atoms in total. The summed E-state index contributed by atoms with van der Waals surface area (Å²) in [6, 6.07) is 26.6. The minimum atomic E-state index is -2.00. The van der Waals surface area contributed by atoms with Gasteiger partial charge in [-0.1, -0.05) is 89.2 Å². The molecule has 4 rings (SSSR count). The molecule has 0 N–H and O–H groups in total. The van der Waals surface area contributed by atoms with Crippen LogP contribution in [0.1, 0.15) is 13.8 Å². The van der Waals surface area contributed by atoms with Crippen molar-refractivity contribution in [3.05, 3.63) is 72.8 Å². The summed E-state index contributed by atoms with van der Waals surface area (Å²) in [6.45, 7) is 9.20. The van der Waals surface area contributed by atoms with Crippen LogP contribution >= 0.6 is 0 Å². The third-order valence-electron chi connectivity index (χ3n) is 5.28. The van der Waals surface area contributed by atoms with Crippen LogP contribution in [0.3, 0.4) is 0 Å². The zero-order valence-corrected chi connectivity index (χ0v) is 17.0. The number of fused-ring (bicyclic) bond motifs is 3. The van der Waals surface area contributed by atoms with Gasteiger partial charge < -0.3 is 4.43 Å². The highest BCUT2D eigenvalue weighted by atomic mass is 28.4. The molecule has 0 aromatic heterocycles. The molecule has 0 unspecified atom stereocenters. The Morgan fingerprint density at radius 2 is 1.15 bits per heavy atom. The predicted molar refractivity (Wildman–Crippen MR) is 116 cm³/mol. The van der Waals surface area contributed by atoms with E-state index >= 15 is 0 Å². The molecule has 0 saturated carbocycles. The minimum Gasteiger partial charge on any atom is -0.411 e. The maximum atomic E-state index is 6.44. The lowest BCUT2D eigenvalue weighted by Gasteiger charge is -2.29. The van der Waals surface area contributed by atoms with Gasteiger partial charge in [0.15, 0.2) is 0 Å². The van der Waals surface area contributed by atoms with Crippen molar-refractivity contribution in [2.45, 2.75) is 33.0 Å². The molecule has 0 saturated heterocycles. The molecule has 0 radical (unpaired) electrons. The zero-order valence-electron chi connectivity index (χ0n) is 16.0. The molecule has 3 heteroatoms. The lowest BCUT2D eigenvalue weighted by molar-refractivity contribution is 0.238. The fourth-order valence-electron chi connectivity index (χ4n) is 4.44. The van der Waals surface area contributed by atoms with Crippen LogP contribution in [0.5, 0.6) is 0 Å². The van der Waals surface area contributed by atoms with Gasteiger partial charge in [-0.05, 0) is 43.3 Å². The van der Waals surface area contributed by atoms with E-state index in [1.54, 1.807) is 0 Å². The average Bonchev–Trinajstić information content (AvgIpc) is 2.95. The van der Waals surface area contributed by atoms with Crippen molar-refractivity contribution in [1.29, 1.82) is 0 Å². The van der Waals surface area contributed by atoms with Gasteiger partial charge in [-0.3, -0.25) is 0 Å². The molecular weight excluding hydrogens is 331 g/mol. The van der Waals surface area contributed by atoms with Gasteiger partial charge >= 0.3 is 0 Å². The summed E-state index contributed by atoms with van der Waals surface area (Å²) in [6.07, 6.45) is 0.243. The number of hydrogen-bond donors (Lipinski definition) is 0. The molecule has 1 heterocycles. The molecule has 1 aliphatic heterocycles. The Labute approximate surface area is 158 Å². The van der Waals surface area contributed by atoms with Crippen LogP contribution in [0.4, 0.5) is 0 Å². The summed E-state index contributed by atoms with van der Waals surface area (Å²) in [4.78, 5) is 0. The quantitative estimate of drug-likeness (QED) is 0.511. The topological polar surface area (TPSA) is 9.23 Å². The average molecular weight is 356 g/mol. The third-order valence-corrected chi connectivity index (χ3v) is 8.10. The standard InChI is InChI=1S/C23H25BOSi/c1-17(2)25-26(3,4)23-16-10-9-15-22(23)24-20-13-7-5-11-18(20)19-12-6-8-14-21(19)24/h5-17H,1-4H3. The van der Waals surface area contributed by atoms with Gasteiger partial charge in [0.25, 0.3) is 0 Å². The molecule has 0 atom stereocenters. The Morgan fingerprint density at radius 3 is 1.69 bits per heavy atom. The molecule has 3 aromatic carbocycles. The number of benzene rings is 3. The molecule has 26 heavy (non-hydrogen) atoms. The molecule has 0 amide bonds. The summed E-state index contributed by atoms with van der Waals surface area (Å²) in [5, 5.41) is 1.41. The first-order valence-electron chi connectivity index (χ1n) is 9.44. The Morgan fingerprint density at radius 1 is 0.692 bits per heavy atom. The predicted octanol–water partition coefficient (Wildman–Crippen LogP) is 3.02. The van der Waals surface area contributed by atoms with E-state index in [1.807, 2.05) is 0 Å². The highest BCUT2D eigenvalue weighted by molar-refractivity contribution is 7.03. The summed E-state index contributed by atoms with van der Waals surface area (Å²) in [7, 11) is -2.00. The second-order valence-corrected chi connectivity index (χ2v) is 11.7. The van der Waals surface area contributed by atoms with Crippen LogP contribution < -0.4 is 21.6 Å². The normalized spacial score (nSPS) is 13.0. The van der Waals surface area contributed by atoms with Crippen LogP contribution in [0.25, 0.3) is 11.1 Å². The minimum absolute atomic E-state index is 0.243. The van der Waals surface area contributed by atoms with Gasteiger partial charge in [0.05, 0.1) is 0 Å². The second-order valence-electron chi connectivity index (χ2n) is 7.87. The first kappa shape index (κ1) is 17.3. The molecule has 130 valence electrons. The van der Waals surface area contributed by atoms with Gasteiger partial charge in [-0.25, -0.2) is 0 Å². The van der Waals surface area contributed by atoms with Crippen LogP contribution in [0.2, 0.25) is 13.1 Å². The maximum Gasteiger partial charge on any atom is 0.242 e. The highest BCUT2D eigenvalue weighted by Crippen LogP contribution is 2.22. The van der Waals surface area contributed by atoms with E-state index in [-0.39, 0.29) is 6.10 Å².